The predicted molar refractivity (Wildman–Crippen MR) is 59.6 cm³/mol. The highest BCUT2D eigenvalue weighted by molar-refractivity contribution is 5.53. The van der Waals surface area contributed by atoms with Gasteiger partial charge in [-0.05, 0) is 19.1 Å². The lowest BCUT2D eigenvalue weighted by atomic mass is 10.2. The van der Waals surface area contributed by atoms with Gasteiger partial charge >= 0.3 is 0 Å². The van der Waals surface area contributed by atoms with Gasteiger partial charge in [0.1, 0.15) is 17.6 Å². The second-order valence-electron chi connectivity index (χ2n) is 3.34. The smallest absolute Gasteiger partial charge is 0.121 e. The summed E-state index contributed by atoms with van der Waals surface area (Å²) in [7, 11) is 1.60. The highest BCUT2D eigenvalue weighted by Gasteiger charge is 2.07. The van der Waals surface area contributed by atoms with Crippen molar-refractivity contribution < 1.29 is 4.74 Å². The molecule has 0 atom stereocenters. The largest absolute Gasteiger partial charge is 0.497 e. The molecular formula is C12H11N3O. The SMILES string of the molecule is COc1ccc(C#N)c(-n2ccnc2C)c1. The normalized spacial score (nSPS) is 9.81. The first-order chi connectivity index (χ1) is 7.76. The standard InChI is InChI=1S/C12H11N3O/c1-9-14-5-6-15(9)12-7-11(16-2)4-3-10(12)8-13/h3-7H,1-2H3. The molecule has 0 fully saturated rings. The monoisotopic (exact) mass is 213 g/mol. The summed E-state index contributed by atoms with van der Waals surface area (Å²) in [4.78, 5) is 4.14. The van der Waals surface area contributed by atoms with Crippen LogP contribution in [0.2, 0.25) is 0 Å². The zero-order valence-electron chi connectivity index (χ0n) is 9.14. The van der Waals surface area contributed by atoms with E-state index in [1.165, 1.54) is 0 Å². The van der Waals surface area contributed by atoms with Crippen LogP contribution < -0.4 is 4.74 Å². The van der Waals surface area contributed by atoms with Crippen molar-refractivity contribution in [2.75, 3.05) is 7.11 Å². The molecule has 2 rings (SSSR count). The Balaban J connectivity index is 2.63. The maximum atomic E-state index is 9.05. The van der Waals surface area contributed by atoms with Crippen molar-refractivity contribution in [3.8, 4) is 17.5 Å². The molecule has 0 bridgehead atoms. The first-order valence-electron chi connectivity index (χ1n) is 4.84. The molecule has 0 amide bonds. The number of methoxy groups -OCH3 is 1. The molecule has 1 aromatic heterocycles. The molecule has 4 nitrogen and oxygen atoms in total. The minimum absolute atomic E-state index is 0.599. The van der Waals surface area contributed by atoms with Gasteiger partial charge in [0.25, 0.3) is 0 Å². The molecule has 4 heteroatoms. The lowest BCUT2D eigenvalue weighted by molar-refractivity contribution is 0.414. The van der Waals surface area contributed by atoms with E-state index in [-0.39, 0.29) is 0 Å². The molecule has 0 saturated heterocycles. The highest BCUT2D eigenvalue weighted by atomic mass is 16.5. The third-order valence-corrected chi connectivity index (χ3v) is 2.41. The molecule has 2 aromatic rings. The molecule has 0 aliphatic rings. The Morgan fingerprint density at radius 1 is 1.44 bits per heavy atom. The van der Waals surface area contributed by atoms with E-state index in [0.717, 1.165) is 17.3 Å². The van der Waals surface area contributed by atoms with Gasteiger partial charge in [-0.2, -0.15) is 5.26 Å². The van der Waals surface area contributed by atoms with E-state index >= 15 is 0 Å². The van der Waals surface area contributed by atoms with Gasteiger partial charge in [-0.15, -0.1) is 0 Å². The molecule has 80 valence electrons. The van der Waals surface area contributed by atoms with Crippen molar-refractivity contribution in [3.05, 3.63) is 42.0 Å². The van der Waals surface area contributed by atoms with Crippen LogP contribution in [0.25, 0.3) is 5.69 Å². The van der Waals surface area contributed by atoms with E-state index in [0.29, 0.717) is 5.56 Å². The molecule has 1 aromatic carbocycles. The molecule has 0 radical (unpaired) electrons. The van der Waals surface area contributed by atoms with Crippen molar-refractivity contribution >= 4 is 0 Å². The second kappa shape index (κ2) is 4.07. The lowest BCUT2D eigenvalue weighted by Crippen LogP contribution is -1.99. The zero-order valence-corrected chi connectivity index (χ0v) is 9.14. The summed E-state index contributed by atoms with van der Waals surface area (Å²) in [6, 6.07) is 7.50. The number of imidazole rings is 1. The van der Waals surface area contributed by atoms with Gasteiger partial charge in [-0.3, -0.25) is 0 Å². The summed E-state index contributed by atoms with van der Waals surface area (Å²) in [6.07, 6.45) is 3.53. The van der Waals surface area contributed by atoms with Crippen LogP contribution >= 0.6 is 0 Å². The molecule has 0 aliphatic carbocycles. The number of nitrogens with zero attached hydrogens (tertiary/aromatic N) is 3. The van der Waals surface area contributed by atoms with Crippen LogP contribution in [-0.4, -0.2) is 16.7 Å². The molecule has 1 heterocycles. The average Bonchev–Trinajstić information content (AvgIpc) is 2.74. The van der Waals surface area contributed by atoms with E-state index in [9.17, 15) is 0 Å². The summed E-state index contributed by atoms with van der Waals surface area (Å²) in [5.41, 5.74) is 1.39. The van der Waals surface area contributed by atoms with Gasteiger partial charge in [0.15, 0.2) is 0 Å². The van der Waals surface area contributed by atoms with Crippen molar-refractivity contribution in [2.24, 2.45) is 0 Å². The Kier molecular flexibility index (Phi) is 2.61. The Labute approximate surface area is 93.7 Å². The minimum Gasteiger partial charge on any atom is -0.497 e. The quantitative estimate of drug-likeness (QED) is 0.767. The fourth-order valence-electron chi connectivity index (χ4n) is 1.56. The summed E-state index contributed by atoms with van der Waals surface area (Å²) in [5.74, 6) is 1.56. The maximum Gasteiger partial charge on any atom is 0.121 e. The van der Waals surface area contributed by atoms with E-state index in [4.69, 9.17) is 10.00 Å². The Hall–Kier alpha value is -2.28. The van der Waals surface area contributed by atoms with Gasteiger partial charge in [-0.25, -0.2) is 4.98 Å². The van der Waals surface area contributed by atoms with Crippen LogP contribution in [0.3, 0.4) is 0 Å². The van der Waals surface area contributed by atoms with E-state index in [1.54, 1.807) is 25.4 Å². The van der Waals surface area contributed by atoms with Gasteiger partial charge in [0.05, 0.1) is 18.4 Å². The lowest BCUT2D eigenvalue weighted by Gasteiger charge is -2.09. The number of rotatable bonds is 2. The maximum absolute atomic E-state index is 9.05. The second-order valence-corrected chi connectivity index (χ2v) is 3.34. The molecular weight excluding hydrogens is 202 g/mol. The summed E-state index contributed by atoms with van der Waals surface area (Å²) in [6.45, 7) is 1.89. The van der Waals surface area contributed by atoms with Crippen LogP contribution in [0.15, 0.2) is 30.6 Å². The Morgan fingerprint density at radius 3 is 2.81 bits per heavy atom. The topological polar surface area (TPSA) is 50.8 Å². The van der Waals surface area contributed by atoms with Crippen LogP contribution in [0, 0.1) is 18.3 Å². The van der Waals surface area contributed by atoms with Gasteiger partial charge in [-0.1, -0.05) is 0 Å². The van der Waals surface area contributed by atoms with Crippen molar-refractivity contribution in [1.29, 1.82) is 5.26 Å². The molecule has 0 saturated carbocycles. The van der Waals surface area contributed by atoms with Gasteiger partial charge < -0.3 is 9.30 Å². The number of nitriles is 1. The first-order valence-corrected chi connectivity index (χ1v) is 4.84. The Bertz CT molecular complexity index is 552. The van der Waals surface area contributed by atoms with Crippen molar-refractivity contribution in [2.45, 2.75) is 6.92 Å². The number of aryl methyl sites for hydroxylation is 1. The van der Waals surface area contributed by atoms with Crippen LogP contribution in [-0.2, 0) is 0 Å². The van der Waals surface area contributed by atoms with Crippen LogP contribution in [0.1, 0.15) is 11.4 Å². The fraction of sp³-hybridized carbons (Fsp3) is 0.167. The van der Waals surface area contributed by atoms with Crippen LogP contribution in [0.4, 0.5) is 0 Å². The third kappa shape index (κ3) is 1.63. The summed E-state index contributed by atoms with van der Waals surface area (Å²) < 4.78 is 7.01. The van der Waals surface area contributed by atoms with Gasteiger partial charge in [0.2, 0.25) is 0 Å². The summed E-state index contributed by atoms with van der Waals surface area (Å²) >= 11 is 0. The molecule has 0 unspecified atom stereocenters. The zero-order chi connectivity index (χ0) is 11.5. The fourth-order valence-corrected chi connectivity index (χ4v) is 1.56. The van der Waals surface area contributed by atoms with E-state index in [1.807, 2.05) is 23.8 Å². The first kappa shape index (κ1) is 10.2. The molecule has 0 spiro atoms. The van der Waals surface area contributed by atoms with Crippen molar-refractivity contribution in [3.63, 3.8) is 0 Å². The highest BCUT2D eigenvalue weighted by Crippen LogP contribution is 2.21. The number of hydrogen-bond donors (Lipinski definition) is 0. The van der Waals surface area contributed by atoms with Crippen LogP contribution in [0.5, 0.6) is 5.75 Å². The van der Waals surface area contributed by atoms with Crippen molar-refractivity contribution in [1.82, 2.24) is 9.55 Å². The predicted octanol–water partition coefficient (Wildman–Crippen LogP) is 2.06. The number of ether oxygens (including phenoxy) is 1. The molecule has 0 aliphatic heterocycles. The van der Waals surface area contributed by atoms with E-state index in [2.05, 4.69) is 11.1 Å². The molecule has 0 N–H and O–H groups in total. The molecule has 16 heavy (non-hydrogen) atoms. The number of benzene rings is 1. The van der Waals surface area contributed by atoms with E-state index < -0.39 is 0 Å². The summed E-state index contributed by atoms with van der Waals surface area (Å²) in [5, 5.41) is 9.05. The minimum atomic E-state index is 0.599. The third-order valence-electron chi connectivity index (χ3n) is 2.41. The number of aromatic nitrogens is 2. The number of hydrogen-bond acceptors (Lipinski definition) is 3. The Morgan fingerprint density at radius 2 is 2.25 bits per heavy atom. The average molecular weight is 213 g/mol. The van der Waals surface area contributed by atoms with Gasteiger partial charge in [0, 0.05) is 18.5 Å².